The summed E-state index contributed by atoms with van der Waals surface area (Å²) in [6, 6.07) is 13.2. The number of aryl methyl sites for hydroxylation is 2. The molecule has 0 bridgehead atoms. The van der Waals surface area contributed by atoms with E-state index in [9.17, 15) is 27.1 Å². The number of hydrogen-bond acceptors (Lipinski definition) is 9. The summed E-state index contributed by atoms with van der Waals surface area (Å²) in [5.74, 6) is -1.51. The van der Waals surface area contributed by atoms with E-state index in [2.05, 4.69) is 19.6 Å². The molecule has 3 heterocycles. The minimum absolute atomic E-state index is 0.168. The second kappa shape index (κ2) is 11.2. The molecule has 5 aromatic rings. The van der Waals surface area contributed by atoms with Crippen molar-refractivity contribution in [1.82, 2.24) is 14.8 Å². The molecule has 0 saturated heterocycles. The normalized spacial score (nSPS) is 14.0. The number of benzene rings is 3. The number of nitrogens with two attached hydrogens (primary N) is 1. The van der Waals surface area contributed by atoms with Gasteiger partial charge in [0.2, 0.25) is 5.91 Å². The highest BCUT2D eigenvalue weighted by Gasteiger charge is 2.43. The van der Waals surface area contributed by atoms with Gasteiger partial charge in [-0.2, -0.15) is 5.10 Å². The molecule has 0 unspecified atom stereocenters. The molecule has 250 valence electrons. The van der Waals surface area contributed by atoms with Crippen LogP contribution in [0.25, 0.3) is 45.0 Å². The van der Waals surface area contributed by atoms with Gasteiger partial charge in [-0.05, 0) is 67.4 Å². The molecule has 0 radical (unpaired) electrons. The fourth-order valence-electron chi connectivity index (χ4n) is 5.45. The van der Waals surface area contributed by atoms with Crippen LogP contribution in [-0.4, -0.2) is 46.7 Å². The minimum Gasteiger partial charge on any atom is -0.440 e. The largest absolute Gasteiger partial charge is 0.586 e. The van der Waals surface area contributed by atoms with Gasteiger partial charge >= 0.3 is 6.29 Å². The summed E-state index contributed by atoms with van der Waals surface area (Å²) in [6.07, 6.45) is -2.93. The van der Waals surface area contributed by atoms with E-state index in [4.69, 9.17) is 10.2 Å². The lowest BCUT2D eigenvalue weighted by Crippen LogP contribution is -2.35. The van der Waals surface area contributed by atoms with Gasteiger partial charge in [-0.15, -0.1) is 8.78 Å². The molecular formula is C33H29F3N4O7S. The summed E-state index contributed by atoms with van der Waals surface area (Å²) in [7, 11) is -2.27. The third kappa shape index (κ3) is 5.68. The first kappa shape index (κ1) is 32.8. The van der Waals surface area contributed by atoms with Crippen molar-refractivity contribution in [3.8, 4) is 56.5 Å². The van der Waals surface area contributed by atoms with Crippen LogP contribution in [-0.2, 0) is 33.7 Å². The summed E-state index contributed by atoms with van der Waals surface area (Å²) in [5, 5.41) is 14.2. The number of amides is 1. The van der Waals surface area contributed by atoms with Gasteiger partial charge < -0.3 is 24.7 Å². The van der Waals surface area contributed by atoms with Gasteiger partial charge in [0.1, 0.15) is 11.5 Å². The Morgan fingerprint density at radius 2 is 1.69 bits per heavy atom. The van der Waals surface area contributed by atoms with Gasteiger partial charge in [-0.25, -0.2) is 17.8 Å². The first-order valence-corrected chi connectivity index (χ1v) is 16.3. The van der Waals surface area contributed by atoms with Crippen molar-refractivity contribution < 1.29 is 45.4 Å². The zero-order chi connectivity index (χ0) is 34.9. The SMILES string of the molecule is Cc1nc(-c2cc(-c3cc(F)c(CO)c(S(C)(=O)=O)c3)ccc2-c2cc(C(C)(C)C(N)=O)nn2C)c(-c2ccc3c(c2)OC(F)(F)O3)o1. The Kier molecular flexibility index (Phi) is 7.67. The molecule has 0 fully saturated rings. The molecule has 3 N–H and O–H groups in total. The highest BCUT2D eigenvalue weighted by molar-refractivity contribution is 7.90. The molecule has 15 heteroatoms. The van der Waals surface area contributed by atoms with Gasteiger partial charge in [-0.1, -0.05) is 12.1 Å². The van der Waals surface area contributed by atoms with Crippen LogP contribution in [0.15, 0.2) is 63.9 Å². The van der Waals surface area contributed by atoms with Crippen LogP contribution in [0.1, 0.15) is 31.0 Å². The number of alkyl halides is 2. The van der Waals surface area contributed by atoms with Crippen LogP contribution in [0.2, 0.25) is 0 Å². The summed E-state index contributed by atoms with van der Waals surface area (Å²) in [5.41, 5.74) is 7.14. The maximum atomic E-state index is 15.2. The Hall–Kier alpha value is -5.15. The van der Waals surface area contributed by atoms with Crippen LogP contribution in [0.5, 0.6) is 11.5 Å². The zero-order valence-electron chi connectivity index (χ0n) is 26.3. The Morgan fingerprint density at radius 3 is 2.35 bits per heavy atom. The van der Waals surface area contributed by atoms with Gasteiger partial charge in [-0.3, -0.25) is 9.48 Å². The van der Waals surface area contributed by atoms with Crippen molar-refractivity contribution in [3.63, 3.8) is 0 Å². The molecule has 6 rings (SSSR count). The number of ether oxygens (including phenoxy) is 2. The number of aliphatic hydroxyl groups is 1. The van der Waals surface area contributed by atoms with Crippen LogP contribution in [0.4, 0.5) is 13.2 Å². The Labute approximate surface area is 272 Å². The standard InChI is InChI=1S/C33H29F3N4O7S/c1-16-38-29(30(45-16)18-7-9-25-26(12-18)47-33(35,36)46-25)21-10-17(19-11-23(34)22(15-41)27(13-19)48(5,43)44)6-8-20(21)24-14-28(39-40(24)4)32(2,3)31(37)42/h6-14,41H,15H2,1-5H3,(H2,37,42). The monoisotopic (exact) mass is 682 g/mol. The molecule has 0 spiro atoms. The quantitative estimate of drug-likeness (QED) is 0.215. The van der Waals surface area contributed by atoms with Crippen LogP contribution >= 0.6 is 0 Å². The third-order valence-electron chi connectivity index (χ3n) is 8.13. The number of oxazole rings is 1. The number of carbonyl (C=O) groups excluding carboxylic acids is 1. The third-order valence-corrected chi connectivity index (χ3v) is 9.29. The summed E-state index contributed by atoms with van der Waals surface area (Å²) in [6.45, 7) is 4.04. The molecule has 48 heavy (non-hydrogen) atoms. The molecule has 0 atom stereocenters. The summed E-state index contributed by atoms with van der Waals surface area (Å²) < 4.78 is 84.7. The summed E-state index contributed by atoms with van der Waals surface area (Å²) >= 11 is 0. The molecule has 0 saturated carbocycles. The number of halogens is 3. The van der Waals surface area contributed by atoms with Crippen molar-refractivity contribution in [3.05, 3.63) is 77.6 Å². The smallest absolute Gasteiger partial charge is 0.440 e. The fourth-order valence-corrected chi connectivity index (χ4v) is 6.40. The second-order valence-electron chi connectivity index (χ2n) is 11.9. The van der Waals surface area contributed by atoms with E-state index in [1.54, 1.807) is 56.8 Å². The van der Waals surface area contributed by atoms with Crippen molar-refractivity contribution in [1.29, 1.82) is 0 Å². The Balaban J connectivity index is 1.60. The van der Waals surface area contributed by atoms with Gasteiger partial charge in [0.05, 0.1) is 28.3 Å². The number of fused-ring (bicyclic) bond motifs is 1. The van der Waals surface area contributed by atoms with E-state index in [0.717, 1.165) is 12.3 Å². The number of sulfone groups is 1. The fraction of sp³-hybridized carbons (Fsp3) is 0.242. The number of hydrogen-bond donors (Lipinski definition) is 2. The van der Waals surface area contributed by atoms with Crippen LogP contribution in [0, 0.1) is 12.7 Å². The van der Waals surface area contributed by atoms with E-state index in [-0.39, 0.29) is 44.9 Å². The number of primary amides is 1. The molecular weight excluding hydrogens is 653 g/mol. The van der Waals surface area contributed by atoms with Crippen molar-refractivity contribution in [2.24, 2.45) is 12.8 Å². The van der Waals surface area contributed by atoms with Gasteiger partial charge in [0.15, 0.2) is 33.0 Å². The average Bonchev–Trinajstić information content (AvgIpc) is 3.68. The van der Waals surface area contributed by atoms with Crippen molar-refractivity contribution in [2.75, 3.05) is 6.26 Å². The van der Waals surface area contributed by atoms with E-state index in [1.807, 2.05) is 0 Å². The molecule has 11 nitrogen and oxygen atoms in total. The number of carbonyl (C=O) groups is 1. The maximum absolute atomic E-state index is 15.2. The number of nitrogens with zero attached hydrogens (tertiary/aromatic N) is 3. The molecule has 1 aliphatic heterocycles. The molecule has 2 aromatic heterocycles. The van der Waals surface area contributed by atoms with E-state index in [1.165, 1.54) is 24.3 Å². The Morgan fingerprint density at radius 1 is 1.00 bits per heavy atom. The van der Waals surface area contributed by atoms with Crippen LogP contribution < -0.4 is 15.2 Å². The van der Waals surface area contributed by atoms with E-state index >= 15 is 4.39 Å². The van der Waals surface area contributed by atoms with Crippen molar-refractivity contribution in [2.45, 2.75) is 44.0 Å². The number of aromatic nitrogens is 3. The van der Waals surface area contributed by atoms with Crippen molar-refractivity contribution >= 4 is 15.7 Å². The van der Waals surface area contributed by atoms with Gasteiger partial charge in [0.25, 0.3) is 0 Å². The van der Waals surface area contributed by atoms with Crippen LogP contribution in [0.3, 0.4) is 0 Å². The molecule has 1 aliphatic rings. The topological polar surface area (TPSA) is 160 Å². The second-order valence-corrected chi connectivity index (χ2v) is 13.9. The molecule has 1 amide bonds. The molecule has 3 aromatic carbocycles. The lowest BCUT2D eigenvalue weighted by atomic mass is 9.87. The maximum Gasteiger partial charge on any atom is 0.586 e. The average molecular weight is 683 g/mol. The predicted molar refractivity (Wildman–Crippen MR) is 167 cm³/mol. The Bertz CT molecular complexity index is 2240. The zero-order valence-corrected chi connectivity index (χ0v) is 27.1. The predicted octanol–water partition coefficient (Wildman–Crippen LogP) is 5.50. The van der Waals surface area contributed by atoms with E-state index < -0.39 is 39.9 Å². The van der Waals surface area contributed by atoms with E-state index in [0.29, 0.717) is 33.6 Å². The highest BCUT2D eigenvalue weighted by Crippen LogP contribution is 2.46. The van der Waals surface area contributed by atoms with Gasteiger partial charge in [0, 0.05) is 42.5 Å². The first-order chi connectivity index (χ1) is 22.4. The molecule has 0 aliphatic carbocycles. The summed E-state index contributed by atoms with van der Waals surface area (Å²) in [4.78, 5) is 16.5. The lowest BCUT2D eigenvalue weighted by molar-refractivity contribution is -0.286. The number of aliphatic hydroxyl groups excluding tert-OH is 1. The highest BCUT2D eigenvalue weighted by atomic mass is 32.2. The first-order valence-electron chi connectivity index (χ1n) is 14.4. The lowest BCUT2D eigenvalue weighted by Gasteiger charge is -2.16. The minimum atomic E-state index is -3.94. The number of rotatable bonds is 8.